The maximum Gasteiger partial charge on any atom is 0.264 e. The first-order valence-corrected chi connectivity index (χ1v) is 10.9. The second-order valence-electron chi connectivity index (χ2n) is 8.34. The van der Waals surface area contributed by atoms with E-state index < -0.39 is 0 Å². The van der Waals surface area contributed by atoms with E-state index in [4.69, 9.17) is 10.7 Å². The molecule has 0 atom stereocenters. The maximum absolute atomic E-state index is 13.4. The topological polar surface area (TPSA) is 83.2 Å². The van der Waals surface area contributed by atoms with Crippen molar-refractivity contribution in [3.63, 3.8) is 0 Å². The Bertz CT molecular complexity index is 1310. The summed E-state index contributed by atoms with van der Waals surface area (Å²) in [7, 11) is 2.15. The van der Waals surface area contributed by atoms with Crippen molar-refractivity contribution >= 4 is 33.3 Å². The van der Waals surface area contributed by atoms with Crippen molar-refractivity contribution in [2.45, 2.75) is 19.9 Å². The first kappa shape index (κ1) is 19.6. The van der Waals surface area contributed by atoms with Gasteiger partial charge in [0.15, 0.2) is 0 Å². The second-order valence-corrected chi connectivity index (χ2v) is 8.34. The molecule has 0 saturated carbocycles. The van der Waals surface area contributed by atoms with Crippen molar-refractivity contribution in [2.75, 3.05) is 43.9 Å². The molecule has 1 saturated heterocycles. The molecule has 7 heteroatoms. The normalized spacial score (nSPS) is 15.2. The lowest BCUT2D eigenvalue weighted by Crippen LogP contribution is -2.44. The minimum Gasteiger partial charge on any atom is -0.397 e. The summed E-state index contributed by atoms with van der Waals surface area (Å²) >= 11 is 0. The Balaban J connectivity index is 1.63. The fraction of sp³-hybridized carbons (Fsp3) is 0.333. The number of aromatic nitrogens is 3. The number of piperazine rings is 1. The molecule has 3 N–H and O–H groups in total. The van der Waals surface area contributed by atoms with E-state index in [9.17, 15) is 4.79 Å². The predicted molar refractivity (Wildman–Crippen MR) is 128 cm³/mol. The highest BCUT2D eigenvalue weighted by Crippen LogP contribution is 2.30. The summed E-state index contributed by atoms with van der Waals surface area (Å²) in [6, 6.07) is 14.1. The quantitative estimate of drug-likeness (QED) is 0.533. The van der Waals surface area contributed by atoms with E-state index in [0.717, 1.165) is 54.5 Å². The molecule has 5 rings (SSSR count). The third-order valence-electron chi connectivity index (χ3n) is 6.23. The molecular formula is C24H28N6O. The van der Waals surface area contributed by atoms with Gasteiger partial charge in [-0.1, -0.05) is 25.1 Å². The summed E-state index contributed by atoms with van der Waals surface area (Å²) in [5, 5.41) is 0.879. The van der Waals surface area contributed by atoms with Gasteiger partial charge in [-0.15, -0.1) is 0 Å². The summed E-state index contributed by atoms with van der Waals surface area (Å²) in [6.45, 7) is 6.82. The van der Waals surface area contributed by atoms with Crippen LogP contribution in [-0.2, 0) is 6.54 Å². The number of para-hydroxylation sites is 1. The number of nitrogens with two attached hydrogens (primary N) is 1. The number of hydrogen-bond acceptors (Lipinski definition) is 5. The van der Waals surface area contributed by atoms with Crippen LogP contribution >= 0.6 is 0 Å². The highest BCUT2D eigenvalue weighted by atomic mass is 16.1. The average Bonchev–Trinajstić information content (AvgIpc) is 3.20. The Morgan fingerprint density at radius 1 is 1.10 bits per heavy atom. The van der Waals surface area contributed by atoms with Gasteiger partial charge in [-0.2, -0.15) is 0 Å². The highest BCUT2D eigenvalue weighted by molar-refractivity contribution is 5.98. The molecule has 0 aliphatic carbocycles. The lowest BCUT2D eigenvalue weighted by Gasteiger charge is -2.34. The minimum atomic E-state index is -0.101. The third kappa shape index (κ3) is 3.35. The Morgan fingerprint density at radius 3 is 2.65 bits per heavy atom. The van der Waals surface area contributed by atoms with Crippen molar-refractivity contribution in [3.8, 4) is 11.4 Å². The van der Waals surface area contributed by atoms with Crippen molar-refractivity contribution in [1.29, 1.82) is 0 Å². The Labute approximate surface area is 181 Å². The SMILES string of the molecule is CCCn1c(=O)c(-c2nc3ccc(N4CCN(C)CC4)cc3[nH]2)c(N)c2ccccc21. The Morgan fingerprint density at radius 2 is 1.87 bits per heavy atom. The predicted octanol–water partition coefficient (Wildman–Crippen LogP) is 3.29. The number of pyridine rings is 1. The molecule has 2 aromatic carbocycles. The number of H-pyrrole nitrogens is 1. The molecule has 4 aromatic rings. The molecule has 0 bridgehead atoms. The van der Waals surface area contributed by atoms with Crippen LogP contribution in [0.1, 0.15) is 13.3 Å². The number of fused-ring (bicyclic) bond motifs is 2. The number of anilines is 2. The second kappa shape index (κ2) is 7.74. The summed E-state index contributed by atoms with van der Waals surface area (Å²) in [4.78, 5) is 26.3. The summed E-state index contributed by atoms with van der Waals surface area (Å²) < 4.78 is 1.81. The van der Waals surface area contributed by atoms with E-state index in [1.165, 1.54) is 5.69 Å². The van der Waals surface area contributed by atoms with E-state index in [1.807, 2.05) is 34.9 Å². The van der Waals surface area contributed by atoms with Crippen LogP contribution in [0.15, 0.2) is 47.3 Å². The molecule has 1 fully saturated rings. The summed E-state index contributed by atoms with van der Waals surface area (Å²) in [6.07, 6.45) is 0.863. The van der Waals surface area contributed by atoms with Crippen LogP contribution < -0.4 is 16.2 Å². The molecule has 160 valence electrons. The number of likely N-dealkylation sites (N-methyl/N-ethyl adjacent to an activating group) is 1. The zero-order valence-electron chi connectivity index (χ0n) is 18.1. The number of rotatable bonds is 4. The van der Waals surface area contributed by atoms with Gasteiger partial charge in [-0.3, -0.25) is 4.79 Å². The monoisotopic (exact) mass is 416 g/mol. The number of benzene rings is 2. The maximum atomic E-state index is 13.4. The van der Waals surface area contributed by atoms with Gasteiger partial charge in [0.05, 0.1) is 22.2 Å². The number of nitrogens with one attached hydrogen (secondary N) is 1. The van der Waals surface area contributed by atoms with Gasteiger partial charge in [0.1, 0.15) is 11.4 Å². The van der Waals surface area contributed by atoms with Crippen molar-refractivity contribution < 1.29 is 0 Å². The number of hydrogen-bond donors (Lipinski definition) is 2. The van der Waals surface area contributed by atoms with Gasteiger partial charge in [-0.25, -0.2) is 4.98 Å². The molecule has 0 unspecified atom stereocenters. The van der Waals surface area contributed by atoms with Gasteiger partial charge < -0.3 is 25.1 Å². The van der Waals surface area contributed by atoms with Crippen LogP contribution in [0.5, 0.6) is 0 Å². The van der Waals surface area contributed by atoms with E-state index in [-0.39, 0.29) is 5.56 Å². The van der Waals surface area contributed by atoms with Gasteiger partial charge in [-0.05, 0) is 37.7 Å². The number of nitrogens with zero attached hydrogens (tertiary/aromatic N) is 4. The lowest BCUT2D eigenvalue weighted by atomic mass is 10.1. The molecule has 3 heterocycles. The molecule has 31 heavy (non-hydrogen) atoms. The van der Waals surface area contributed by atoms with E-state index in [1.54, 1.807) is 0 Å². The van der Waals surface area contributed by atoms with Crippen LogP contribution in [0.2, 0.25) is 0 Å². The first-order valence-electron chi connectivity index (χ1n) is 10.9. The van der Waals surface area contributed by atoms with Gasteiger partial charge in [0, 0.05) is 43.8 Å². The molecule has 0 spiro atoms. The molecule has 1 aliphatic rings. The first-order chi connectivity index (χ1) is 15.1. The fourth-order valence-corrected chi connectivity index (χ4v) is 4.48. The number of nitrogen functional groups attached to an aromatic ring is 1. The molecule has 7 nitrogen and oxygen atoms in total. The van der Waals surface area contributed by atoms with Crippen LogP contribution in [0.3, 0.4) is 0 Å². The van der Waals surface area contributed by atoms with Crippen molar-refractivity contribution in [3.05, 3.63) is 52.8 Å². The zero-order valence-corrected chi connectivity index (χ0v) is 18.1. The molecule has 0 amide bonds. The third-order valence-corrected chi connectivity index (χ3v) is 6.23. The van der Waals surface area contributed by atoms with Crippen LogP contribution in [0, 0.1) is 0 Å². The van der Waals surface area contributed by atoms with Crippen molar-refractivity contribution in [1.82, 2.24) is 19.4 Å². The van der Waals surface area contributed by atoms with Crippen molar-refractivity contribution in [2.24, 2.45) is 0 Å². The average molecular weight is 417 g/mol. The molecule has 2 aromatic heterocycles. The van der Waals surface area contributed by atoms with E-state index in [0.29, 0.717) is 23.6 Å². The smallest absolute Gasteiger partial charge is 0.264 e. The number of aromatic amines is 1. The van der Waals surface area contributed by atoms with Gasteiger partial charge in [0.25, 0.3) is 5.56 Å². The zero-order chi connectivity index (χ0) is 21.5. The standard InChI is InChI=1S/C24H28N6O/c1-3-10-30-20-7-5-4-6-17(20)22(25)21(24(30)31)23-26-18-9-8-16(15-19(18)27-23)29-13-11-28(2)12-14-29/h4-9,15H,3,10-14,25H2,1-2H3,(H,26,27). The lowest BCUT2D eigenvalue weighted by molar-refractivity contribution is 0.313. The number of aryl methyl sites for hydroxylation is 1. The van der Waals surface area contributed by atoms with E-state index >= 15 is 0 Å². The summed E-state index contributed by atoms with van der Waals surface area (Å²) in [5.41, 5.74) is 11.1. The van der Waals surface area contributed by atoms with Gasteiger partial charge in [0.2, 0.25) is 0 Å². The molecule has 1 aliphatic heterocycles. The Hall–Kier alpha value is -3.32. The molecular weight excluding hydrogens is 388 g/mol. The number of imidazole rings is 1. The van der Waals surface area contributed by atoms with Crippen LogP contribution in [-0.4, -0.2) is 52.7 Å². The van der Waals surface area contributed by atoms with Gasteiger partial charge >= 0.3 is 0 Å². The Kier molecular flexibility index (Phi) is 4.90. The van der Waals surface area contributed by atoms with Crippen LogP contribution in [0.25, 0.3) is 33.3 Å². The van der Waals surface area contributed by atoms with E-state index in [2.05, 4.69) is 40.9 Å². The minimum absolute atomic E-state index is 0.101. The summed E-state index contributed by atoms with van der Waals surface area (Å²) in [5.74, 6) is 0.531. The fourth-order valence-electron chi connectivity index (χ4n) is 4.48. The van der Waals surface area contributed by atoms with Crippen LogP contribution in [0.4, 0.5) is 11.4 Å². The highest BCUT2D eigenvalue weighted by Gasteiger charge is 2.20. The molecule has 0 radical (unpaired) electrons. The largest absolute Gasteiger partial charge is 0.397 e.